The van der Waals surface area contributed by atoms with E-state index in [1.807, 2.05) is 0 Å². The third-order valence-corrected chi connectivity index (χ3v) is 6.46. The second-order valence-corrected chi connectivity index (χ2v) is 7.83. The molecule has 0 N–H and O–H groups in total. The number of carbonyl (C=O) groups excluding carboxylic acids is 1. The lowest BCUT2D eigenvalue weighted by atomic mass is 10.1. The van der Waals surface area contributed by atoms with Gasteiger partial charge in [-0.25, -0.2) is 0 Å². The minimum atomic E-state index is -0.104. The number of ether oxygens (including phenoxy) is 2. The summed E-state index contributed by atoms with van der Waals surface area (Å²) in [7, 11) is 3.09. The Balaban J connectivity index is 2.54. The van der Waals surface area contributed by atoms with E-state index in [0.29, 0.717) is 26.4 Å². The van der Waals surface area contributed by atoms with Gasteiger partial charge in [0.2, 0.25) is 5.78 Å². The van der Waals surface area contributed by atoms with Gasteiger partial charge in [0, 0.05) is 15.0 Å². The molecule has 0 spiro atoms. The second kappa shape index (κ2) is 6.60. The lowest BCUT2D eigenvalue weighted by molar-refractivity contribution is 0.103. The number of thiophene rings is 1. The molecule has 0 aliphatic carbocycles. The number of hydrogen-bond acceptors (Lipinski definition) is 4. The molecule has 1 aromatic carbocycles. The van der Waals surface area contributed by atoms with Gasteiger partial charge in [-0.2, -0.15) is 0 Å². The predicted molar refractivity (Wildman–Crippen MR) is 90.4 cm³/mol. The smallest absolute Gasteiger partial charge is 0.207 e. The second-order valence-electron chi connectivity index (χ2n) is 3.75. The van der Waals surface area contributed by atoms with Crippen molar-refractivity contribution in [3.63, 3.8) is 0 Å². The van der Waals surface area contributed by atoms with Crippen molar-refractivity contribution < 1.29 is 14.3 Å². The van der Waals surface area contributed by atoms with Crippen LogP contribution in [0.5, 0.6) is 11.5 Å². The molecule has 0 unspecified atom stereocenters. The normalized spacial score (nSPS) is 10.4. The molecule has 7 heteroatoms. The molecule has 0 bridgehead atoms. The maximum atomic E-state index is 12.6. The van der Waals surface area contributed by atoms with Gasteiger partial charge >= 0.3 is 0 Å². The number of halogens is 3. The Morgan fingerprint density at radius 2 is 1.75 bits per heavy atom. The number of rotatable bonds is 4. The van der Waals surface area contributed by atoms with Crippen molar-refractivity contribution in [2.24, 2.45) is 0 Å². The van der Waals surface area contributed by atoms with E-state index in [0.717, 1.165) is 8.26 Å². The maximum Gasteiger partial charge on any atom is 0.207 e. The Labute approximate surface area is 145 Å². The Bertz CT molecular complexity index is 648. The van der Waals surface area contributed by atoms with Crippen molar-refractivity contribution >= 4 is 64.9 Å². The van der Waals surface area contributed by atoms with Crippen LogP contribution in [0.3, 0.4) is 0 Å². The largest absolute Gasteiger partial charge is 0.497 e. The van der Waals surface area contributed by atoms with E-state index >= 15 is 0 Å². The summed E-state index contributed by atoms with van der Waals surface area (Å²) >= 11 is 11.5. The zero-order valence-corrected chi connectivity index (χ0v) is 16.1. The van der Waals surface area contributed by atoms with Crippen molar-refractivity contribution in [1.82, 2.24) is 0 Å². The highest BCUT2D eigenvalue weighted by atomic mass is 79.9. The first kappa shape index (κ1) is 16.0. The molecule has 3 nitrogen and oxygen atoms in total. The zero-order chi connectivity index (χ0) is 14.9. The van der Waals surface area contributed by atoms with E-state index in [9.17, 15) is 4.79 Å². The van der Waals surface area contributed by atoms with Crippen molar-refractivity contribution in [3.05, 3.63) is 41.4 Å². The van der Waals surface area contributed by atoms with E-state index in [2.05, 4.69) is 47.8 Å². The lowest BCUT2D eigenvalue weighted by Crippen LogP contribution is -2.04. The molecule has 0 saturated heterocycles. The van der Waals surface area contributed by atoms with Gasteiger partial charge in [0.05, 0.1) is 28.4 Å². The van der Waals surface area contributed by atoms with E-state index in [-0.39, 0.29) is 5.78 Å². The first-order valence-corrected chi connectivity index (χ1v) is 8.58. The number of benzene rings is 1. The van der Waals surface area contributed by atoms with Crippen LogP contribution in [0.15, 0.2) is 30.9 Å². The highest BCUT2D eigenvalue weighted by molar-refractivity contribution is 9.13. The van der Waals surface area contributed by atoms with Gasteiger partial charge in [-0.15, -0.1) is 11.3 Å². The summed E-state index contributed by atoms with van der Waals surface area (Å²) in [4.78, 5) is 13.2. The van der Waals surface area contributed by atoms with Crippen LogP contribution in [-0.2, 0) is 0 Å². The van der Waals surface area contributed by atoms with Crippen LogP contribution in [0.2, 0.25) is 0 Å². The monoisotopic (exact) mass is 482 g/mol. The third kappa shape index (κ3) is 3.10. The molecule has 0 aliphatic heterocycles. The Hall–Kier alpha value is -0.370. The van der Waals surface area contributed by atoms with Crippen LogP contribution >= 0.6 is 59.1 Å². The van der Waals surface area contributed by atoms with Crippen LogP contribution in [0, 0.1) is 0 Å². The molecular formula is C13H9Br3O3S. The molecule has 0 radical (unpaired) electrons. The molecule has 106 valence electrons. The molecule has 0 amide bonds. The van der Waals surface area contributed by atoms with Gasteiger partial charge in [0.1, 0.15) is 11.5 Å². The SMILES string of the molecule is COc1cc(Br)c(C(=O)c2cc(Br)c(Br)s2)c(OC)c1. The molecule has 2 aromatic rings. The predicted octanol–water partition coefficient (Wildman–Crippen LogP) is 5.28. The number of carbonyl (C=O) groups is 1. The molecular weight excluding hydrogens is 476 g/mol. The summed E-state index contributed by atoms with van der Waals surface area (Å²) in [5.41, 5.74) is 0.481. The van der Waals surface area contributed by atoms with Crippen LogP contribution in [-0.4, -0.2) is 20.0 Å². The Morgan fingerprint density at radius 3 is 2.25 bits per heavy atom. The third-order valence-electron chi connectivity index (χ3n) is 2.58. The average Bonchev–Trinajstić information content (AvgIpc) is 2.77. The van der Waals surface area contributed by atoms with E-state index in [1.165, 1.54) is 18.4 Å². The lowest BCUT2D eigenvalue weighted by Gasteiger charge is -2.11. The molecule has 20 heavy (non-hydrogen) atoms. The quantitative estimate of drug-likeness (QED) is 0.554. The molecule has 2 rings (SSSR count). The summed E-state index contributed by atoms with van der Waals surface area (Å²) in [5.74, 6) is 0.994. The molecule has 0 aliphatic rings. The summed E-state index contributed by atoms with van der Waals surface area (Å²) in [5, 5.41) is 0. The summed E-state index contributed by atoms with van der Waals surface area (Å²) in [6.07, 6.45) is 0. The molecule has 0 saturated carbocycles. The first-order valence-electron chi connectivity index (χ1n) is 5.39. The van der Waals surface area contributed by atoms with Crippen molar-refractivity contribution in [2.75, 3.05) is 14.2 Å². The van der Waals surface area contributed by atoms with Crippen LogP contribution in [0.25, 0.3) is 0 Å². The highest BCUT2D eigenvalue weighted by Gasteiger charge is 2.22. The number of hydrogen-bond donors (Lipinski definition) is 0. The summed E-state index contributed by atoms with van der Waals surface area (Å²) in [6.45, 7) is 0. The fraction of sp³-hybridized carbons (Fsp3) is 0.154. The van der Waals surface area contributed by atoms with Crippen LogP contribution in [0.1, 0.15) is 15.2 Å². The van der Waals surface area contributed by atoms with E-state index < -0.39 is 0 Å². The minimum absolute atomic E-state index is 0.104. The van der Waals surface area contributed by atoms with E-state index in [4.69, 9.17) is 9.47 Å². The number of methoxy groups -OCH3 is 2. The van der Waals surface area contributed by atoms with Crippen molar-refractivity contribution in [2.45, 2.75) is 0 Å². The minimum Gasteiger partial charge on any atom is -0.497 e. The zero-order valence-electron chi connectivity index (χ0n) is 10.5. The molecule has 1 aromatic heterocycles. The molecule has 1 heterocycles. The first-order chi connectivity index (χ1) is 9.47. The van der Waals surface area contributed by atoms with Gasteiger partial charge in [-0.3, -0.25) is 4.79 Å². The van der Waals surface area contributed by atoms with Gasteiger partial charge in [-0.1, -0.05) is 0 Å². The summed E-state index contributed by atoms with van der Waals surface area (Å²) < 4.78 is 12.8. The average molecular weight is 485 g/mol. The highest BCUT2D eigenvalue weighted by Crippen LogP contribution is 2.38. The van der Waals surface area contributed by atoms with Crippen LogP contribution < -0.4 is 9.47 Å². The maximum absolute atomic E-state index is 12.6. The summed E-state index contributed by atoms with van der Waals surface area (Å²) in [6, 6.07) is 5.22. The van der Waals surface area contributed by atoms with E-state index in [1.54, 1.807) is 25.3 Å². The van der Waals surface area contributed by atoms with Crippen molar-refractivity contribution in [1.29, 1.82) is 0 Å². The Kier molecular flexibility index (Phi) is 5.28. The standard InChI is InChI=1S/C13H9Br3O3S/c1-18-6-3-7(14)11(9(4-6)19-2)12(17)10-5-8(15)13(16)20-10/h3-5H,1-2H3. The number of ketones is 1. The molecule has 0 atom stereocenters. The van der Waals surface area contributed by atoms with Crippen LogP contribution in [0.4, 0.5) is 0 Å². The van der Waals surface area contributed by atoms with Gasteiger partial charge < -0.3 is 9.47 Å². The van der Waals surface area contributed by atoms with Gasteiger partial charge in [-0.05, 0) is 59.9 Å². The fourth-order valence-corrected chi connectivity index (χ4v) is 4.22. The van der Waals surface area contributed by atoms with Gasteiger partial charge in [0.25, 0.3) is 0 Å². The van der Waals surface area contributed by atoms with Crippen molar-refractivity contribution in [3.8, 4) is 11.5 Å². The topological polar surface area (TPSA) is 35.5 Å². The fourth-order valence-electron chi connectivity index (χ4n) is 1.64. The Morgan fingerprint density at radius 1 is 1.05 bits per heavy atom. The van der Waals surface area contributed by atoms with Gasteiger partial charge in [0.15, 0.2) is 0 Å². The molecule has 0 fully saturated rings.